The van der Waals surface area contributed by atoms with Crippen LogP contribution in [0, 0.1) is 6.92 Å². The van der Waals surface area contributed by atoms with Gasteiger partial charge in [-0.1, -0.05) is 24.8 Å². The van der Waals surface area contributed by atoms with E-state index in [9.17, 15) is 4.79 Å². The monoisotopic (exact) mass is 251 g/mol. The summed E-state index contributed by atoms with van der Waals surface area (Å²) in [5, 5.41) is 5.03. The van der Waals surface area contributed by atoms with Crippen molar-refractivity contribution in [2.24, 2.45) is 0 Å². The third-order valence-corrected chi connectivity index (χ3v) is 3.03. The predicted octanol–water partition coefficient (Wildman–Crippen LogP) is 2.67. The van der Waals surface area contributed by atoms with Crippen LogP contribution in [0.25, 0.3) is 22.7 Å². The van der Waals surface area contributed by atoms with Crippen LogP contribution in [0.1, 0.15) is 11.4 Å². The molecule has 0 saturated heterocycles. The van der Waals surface area contributed by atoms with Gasteiger partial charge in [-0.3, -0.25) is 4.79 Å². The Morgan fingerprint density at radius 3 is 2.74 bits per heavy atom. The van der Waals surface area contributed by atoms with Crippen LogP contribution in [0.4, 0.5) is 0 Å². The summed E-state index contributed by atoms with van der Waals surface area (Å²) in [6, 6.07) is 11.7. The minimum Gasteiger partial charge on any atom is -0.326 e. The summed E-state index contributed by atoms with van der Waals surface area (Å²) in [5.41, 5.74) is 2.99. The molecule has 0 aliphatic rings. The summed E-state index contributed by atoms with van der Waals surface area (Å²) in [7, 11) is 0. The molecule has 1 aromatic carbocycles. The molecule has 2 heterocycles. The molecule has 0 saturated carbocycles. The van der Waals surface area contributed by atoms with E-state index in [0.717, 1.165) is 16.9 Å². The van der Waals surface area contributed by atoms with E-state index >= 15 is 0 Å². The molecule has 0 aliphatic carbocycles. The number of nitrogens with one attached hydrogen (secondary N) is 1. The SMILES string of the molecule is C=Cc1nn(-c2ccccc2)c2cc(C)[nH]c(=O)c12. The second-order valence-electron chi connectivity index (χ2n) is 4.38. The van der Waals surface area contributed by atoms with Crippen LogP contribution >= 0.6 is 0 Å². The van der Waals surface area contributed by atoms with E-state index in [2.05, 4.69) is 16.7 Å². The lowest BCUT2D eigenvalue weighted by Gasteiger charge is -2.03. The van der Waals surface area contributed by atoms with E-state index < -0.39 is 0 Å². The lowest BCUT2D eigenvalue weighted by molar-refractivity contribution is 0.904. The highest BCUT2D eigenvalue weighted by Crippen LogP contribution is 2.20. The minimum absolute atomic E-state index is 0.132. The molecule has 4 nitrogen and oxygen atoms in total. The summed E-state index contributed by atoms with van der Waals surface area (Å²) in [6.45, 7) is 5.58. The maximum Gasteiger partial charge on any atom is 0.259 e. The van der Waals surface area contributed by atoms with Gasteiger partial charge in [0.1, 0.15) is 0 Å². The van der Waals surface area contributed by atoms with Crippen LogP contribution in [0.3, 0.4) is 0 Å². The predicted molar refractivity (Wildman–Crippen MR) is 76.5 cm³/mol. The van der Waals surface area contributed by atoms with Crippen molar-refractivity contribution in [3.63, 3.8) is 0 Å². The van der Waals surface area contributed by atoms with Crippen molar-refractivity contribution in [3.05, 3.63) is 64.7 Å². The molecule has 0 amide bonds. The summed E-state index contributed by atoms with van der Waals surface area (Å²) in [6.07, 6.45) is 1.60. The molecule has 19 heavy (non-hydrogen) atoms. The molecule has 0 unspecified atom stereocenters. The van der Waals surface area contributed by atoms with E-state index in [-0.39, 0.29) is 5.56 Å². The molecular formula is C15H13N3O. The molecule has 2 aromatic heterocycles. The average Bonchev–Trinajstić information content (AvgIpc) is 2.78. The molecule has 3 aromatic rings. The fraction of sp³-hybridized carbons (Fsp3) is 0.0667. The highest BCUT2D eigenvalue weighted by molar-refractivity contribution is 5.87. The average molecular weight is 251 g/mol. The first-order valence-electron chi connectivity index (χ1n) is 6.01. The number of aryl methyl sites for hydroxylation is 1. The highest BCUT2D eigenvalue weighted by Gasteiger charge is 2.13. The highest BCUT2D eigenvalue weighted by atomic mass is 16.1. The molecule has 94 valence electrons. The van der Waals surface area contributed by atoms with Gasteiger partial charge in [0.05, 0.1) is 22.3 Å². The van der Waals surface area contributed by atoms with Gasteiger partial charge in [-0.2, -0.15) is 5.10 Å². The Morgan fingerprint density at radius 2 is 2.05 bits per heavy atom. The van der Waals surface area contributed by atoms with E-state index in [1.165, 1.54) is 0 Å². The Morgan fingerprint density at radius 1 is 1.32 bits per heavy atom. The van der Waals surface area contributed by atoms with Gasteiger partial charge in [-0.05, 0) is 31.2 Å². The van der Waals surface area contributed by atoms with Gasteiger partial charge in [0, 0.05) is 5.69 Å². The molecule has 0 radical (unpaired) electrons. The Labute approximate surface area is 110 Å². The molecular weight excluding hydrogens is 238 g/mol. The number of fused-ring (bicyclic) bond motifs is 1. The molecule has 4 heteroatoms. The lowest BCUT2D eigenvalue weighted by Crippen LogP contribution is -2.07. The first-order valence-corrected chi connectivity index (χ1v) is 6.01. The minimum atomic E-state index is -0.132. The van der Waals surface area contributed by atoms with Gasteiger partial charge in [0.2, 0.25) is 0 Å². The van der Waals surface area contributed by atoms with Crippen LogP contribution in [0.5, 0.6) is 0 Å². The topological polar surface area (TPSA) is 50.7 Å². The second kappa shape index (κ2) is 4.24. The lowest BCUT2D eigenvalue weighted by atomic mass is 10.2. The normalized spacial score (nSPS) is 10.8. The van der Waals surface area contributed by atoms with Gasteiger partial charge in [-0.15, -0.1) is 0 Å². The van der Waals surface area contributed by atoms with Gasteiger partial charge in [0.25, 0.3) is 5.56 Å². The summed E-state index contributed by atoms with van der Waals surface area (Å²) >= 11 is 0. The maximum absolute atomic E-state index is 12.1. The van der Waals surface area contributed by atoms with Crippen molar-refractivity contribution in [3.8, 4) is 5.69 Å². The quantitative estimate of drug-likeness (QED) is 0.761. The number of aromatic amines is 1. The second-order valence-corrected chi connectivity index (χ2v) is 4.38. The van der Waals surface area contributed by atoms with E-state index in [1.807, 2.05) is 43.3 Å². The summed E-state index contributed by atoms with van der Waals surface area (Å²) in [4.78, 5) is 14.9. The van der Waals surface area contributed by atoms with E-state index in [4.69, 9.17) is 0 Å². The zero-order valence-corrected chi connectivity index (χ0v) is 10.6. The number of nitrogens with zero attached hydrogens (tertiary/aromatic N) is 2. The summed E-state index contributed by atoms with van der Waals surface area (Å²) in [5.74, 6) is 0. The van der Waals surface area contributed by atoms with Gasteiger partial charge in [-0.25, -0.2) is 4.68 Å². The molecule has 0 bridgehead atoms. The molecule has 0 atom stereocenters. The molecule has 1 N–H and O–H groups in total. The first-order chi connectivity index (χ1) is 9.20. The van der Waals surface area contributed by atoms with Crippen molar-refractivity contribution >= 4 is 17.0 Å². The van der Waals surface area contributed by atoms with E-state index in [0.29, 0.717) is 11.1 Å². The van der Waals surface area contributed by atoms with Gasteiger partial charge >= 0.3 is 0 Å². The Bertz CT molecular complexity index is 813. The zero-order valence-electron chi connectivity index (χ0n) is 10.6. The van der Waals surface area contributed by atoms with Gasteiger partial charge in [0.15, 0.2) is 0 Å². The van der Waals surface area contributed by atoms with Crippen molar-refractivity contribution in [2.75, 3.05) is 0 Å². The fourth-order valence-electron chi connectivity index (χ4n) is 2.21. The Balaban J connectivity index is 2.44. The zero-order chi connectivity index (χ0) is 13.4. The van der Waals surface area contributed by atoms with Gasteiger partial charge < -0.3 is 4.98 Å². The van der Waals surface area contributed by atoms with Crippen LogP contribution in [-0.4, -0.2) is 14.8 Å². The summed E-state index contributed by atoms with van der Waals surface area (Å²) < 4.78 is 1.77. The third-order valence-electron chi connectivity index (χ3n) is 3.03. The number of para-hydroxylation sites is 1. The van der Waals surface area contributed by atoms with Crippen LogP contribution in [-0.2, 0) is 0 Å². The van der Waals surface area contributed by atoms with Crippen molar-refractivity contribution in [2.45, 2.75) is 6.92 Å². The van der Waals surface area contributed by atoms with Crippen molar-refractivity contribution in [1.29, 1.82) is 0 Å². The van der Waals surface area contributed by atoms with Crippen molar-refractivity contribution < 1.29 is 0 Å². The number of rotatable bonds is 2. The third kappa shape index (κ3) is 1.78. The number of H-pyrrole nitrogens is 1. The van der Waals surface area contributed by atoms with E-state index in [1.54, 1.807) is 10.8 Å². The van der Waals surface area contributed by atoms with Crippen molar-refractivity contribution in [1.82, 2.24) is 14.8 Å². The number of hydrogen-bond acceptors (Lipinski definition) is 2. The smallest absolute Gasteiger partial charge is 0.259 e. The number of benzene rings is 1. The van der Waals surface area contributed by atoms with Crippen LogP contribution in [0.15, 0.2) is 47.8 Å². The molecule has 0 fully saturated rings. The molecule has 3 rings (SSSR count). The Kier molecular flexibility index (Phi) is 2.56. The fourth-order valence-corrected chi connectivity index (χ4v) is 2.21. The standard InChI is InChI=1S/C15H13N3O/c1-3-12-14-13(9-10(2)16-15(14)19)18(17-12)11-7-5-4-6-8-11/h3-9H,1H2,2H3,(H,16,19). The maximum atomic E-state index is 12.1. The Hall–Kier alpha value is -2.62. The van der Waals surface area contributed by atoms with Crippen LogP contribution < -0.4 is 5.56 Å². The molecule has 0 spiro atoms. The largest absolute Gasteiger partial charge is 0.326 e. The number of aromatic nitrogens is 3. The number of hydrogen-bond donors (Lipinski definition) is 1. The molecule has 0 aliphatic heterocycles. The number of pyridine rings is 1. The first kappa shape index (κ1) is 11.5. The van der Waals surface area contributed by atoms with Crippen LogP contribution in [0.2, 0.25) is 0 Å².